The number of aromatic carboxylic acids is 1. The quantitative estimate of drug-likeness (QED) is 0.828. The third-order valence-corrected chi connectivity index (χ3v) is 5.27. The van der Waals surface area contributed by atoms with Gasteiger partial charge in [0.1, 0.15) is 4.90 Å². The fourth-order valence-electron chi connectivity index (χ4n) is 1.93. The maximum Gasteiger partial charge on any atom is 0.338 e. The Kier molecular flexibility index (Phi) is 4.39. The summed E-state index contributed by atoms with van der Waals surface area (Å²) >= 11 is 11.6. The summed E-state index contributed by atoms with van der Waals surface area (Å²) in [4.78, 5) is 10.8. The number of carboxylic acid groups (broad SMARTS) is 1. The highest BCUT2D eigenvalue weighted by molar-refractivity contribution is 7.89. The fourth-order valence-corrected chi connectivity index (χ4v) is 4.11. The lowest BCUT2D eigenvalue weighted by Gasteiger charge is -2.14. The molecule has 0 bridgehead atoms. The van der Waals surface area contributed by atoms with Crippen molar-refractivity contribution in [1.29, 1.82) is 0 Å². The molecule has 8 heteroatoms. The van der Waals surface area contributed by atoms with E-state index in [4.69, 9.17) is 28.3 Å². The van der Waals surface area contributed by atoms with Crippen LogP contribution in [-0.4, -0.2) is 25.5 Å². The van der Waals surface area contributed by atoms with Gasteiger partial charge < -0.3 is 5.11 Å². The molecule has 0 saturated carbocycles. The van der Waals surface area contributed by atoms with Gasteiger partial charge in [-0.05, 0) is 25.0 Å². The van der Waals surface area contributed by atoms with Gasteiger partial charge in [0.15, 0.2) is 0 Å². The Morgan fingerprint density at radius 2 is 1.85 bits per heavy atom. The zero-order valence-corrected chi connectivity index (χ0v) is 12.5. The van der Waals surface area contributed by atoms with Crippen molar-refractivity contribution in [2.75, 3.05) is 0 Å². The molecule has 1 aromatic rings. The summed E-state index contributed by atoms with van der Waals surface area (Å²) in [6.45, 7) is 0. The van der Waals surface area contributed by atoms with Gasteiger partial charge in [-0.15, -0.1) is 0 Å². The van der Waals surface area contributed by atoms with E-state index in [0.29, 0.717) is 12.8 Å². The first-order valence-corrected chi connectivity index (χ1v) is 7.95. The molecule has 0 unspecified atom stereocenters. The van der Waals surface area contributed by atoms with Crippen LogP contribution in [0.3, 0.4) is 0 Å². The summed E-state index contributed by atoms with van der Waals surface area (Å²) in [5, 5.41) is 8.53. The zero-order valence-electron chi connectivity index (χ0n) is 10.1. The Bertz CT molecular complexity index is 677. The highest BCUT2D eigenvalue weighted by Gasteiger charge is 2.27. The average molecular weight is 336 g/mol. The van der Waals surface area contributed by atoms with Gasteiger partial charge in [-0.1, -0.05) is 35.4 Å². The molecular weight excluding hydrogens is 325 g/mol. The Labute approximate surface area is 126 Å². The van der Waals surface area contributed by atoms with Crippen molar-refractivity contribution in [1.82, 2.24) is 4.72 Å². The standard InChI is InChI=1S/C12H11Cl2NO4S/c13-8-5-6-9(11(14)10(8)12(16)17)20(18,19)15-7-3-1-2-4-7/h1-2,5-7,15H,3-4H2,(H,16,17). The molecule has 1 aliphatic carbocycles. The number of benzene rings is 1. The van der Waals surface area contributed by atoms with Crippen LogP contribution < -0.4 is 4.72 Å². The van der Waals surface area contributed by atoms with Crippen molar-refractivity contribution in [2.45, 2.75) is 23.8 Å². The maximum absolute atomic E-state index is 12.2. The lowest BCUT2D eigenvalue weighted by Crippen LogP contribution is -2.33. The molecule has 20 heavy (non-hydrogen) atoms. The summed E-state index contributed by atoms with van der Waals surface area (Å²) < 4.78 is 27.0. The topological polar surface area (TPSA) is 83.5 Å². The minimum absolute atomic E-state index is 0.107. The van der Waals surface area contributed by atoms with E-state index in [1.165, 1.54) is 12.1 Å². The van der Waals surface area contributed by atoms with Gasteiger partial charge >= 0.3 is 5.97 Å². The molecular formula is C12H11Cl2NO4S. The van der Waals surface area contributed by atoms with Gasteiger partial charge in [0, 0.05) is 6.04 Å². The van der Waals surface area contributed by atoms with Crippen molar-refractivity contribution < 1.29 is 18.3 Å². The van der Waals surface area contributed by atoms with Gasteiger partial charge in [-0.25, -0.2) is 17.9 Å². The molecule has 108 valence electrons. The molecule has 0 aromatic heterocycles. The van der Waals surface area contributed by atoms with Crippen LogP contribution in [0.2, 0.25) is 10.0 Å². The highest BCUT2D eigenvalue weighted by Crippen LogP contribution is 2.31. The maximum atomic E-state index is 12.2. The summed E-state index contributed by atoms with van der Waals surface area (Å²) in [7, 11) is -3.89. The van der Waals surface area contributed by atoms with E-state index in [9.17, 15) is 13.2 Å². The van der Waals surface area contributed by atoms with E-state index in [0.717, 1.165) is 0 Å². The summed E-state index contributed by atoms with van der Waals surface area (Å²) in [5.41, 5.74) is -0.416. The van der Waals surface area contributed by atoms with E-state index in [2.05, 4.69) is 4.72 Å². The van der Waals surface area contributed by atoms with Crippen LogP contribution in [0.1, 0.15) is 23.2 Å². The van der Waals surface area contributed by atoms with Crippen LogP contribution in [0.15, 0.2) is 29.2 Å². The molecule has 0 saturated heterocycles. The summed E-state index contributed by atoms with van der Waals surface area (Å²) in [6, 6.07) is 2.17. The van der Waals surface area contributed by atoms with Crippen molar-refractivity contribution in [3.63, 3.8) is 0 Å². The van der Waals surface area contributed by atoms with Crippen LogP contribution in [-0.2, 0) is 10.0 Å². The number of halogens is 2. The van der Waals surface area contributed by atoms with E-state index in [1.807, 2.05) is 12.2 Å². The van der Waals surface area contributed by atoms with E-state index >= 15 is 0 Å². The second-order valence-electron chi connectivity index (χ2n) is 4.30. The number of sulfonamides is 1. The van der Waals surface area contributed by atoms with Gasteiger partial charge in [-0.2, -0.15) is 0 Å². The lowest BCUT2D eigenvalue weighted by molar-refractivity contribution is 0.0697. The van der Waals surface area contributed by atoms with Gasteiger partial charge in [-0.3, -0.25) is 0 Å². The minimum Gasteiger partial charge on any atom is -0.478 e. The molecule has 0 heterocycles. The Balaban J connectivity index is 2.41. The number of hydrogen-bond donors (Lipinski definition) is 2. The number of carbonyl (C=O) groups is 1. The largest absolute Gasteiger partial charge is 0.478 e. The Hall–Kier alpha value is -1.08. The first-order valence-electron chi connectivity index (χ1n) is 5.71. The molecule has 0 spiro atoms. The van der Waals surface area contributed by atoms with Crippen LogP contribution in [0.5, 0.6) is 0 Å². The number of rotatable bonds is 4. The molecule has 0 amide bonds. The molecule has 5 nitrogen and oxygen atoms in total. The first-order chi connectivity index (χ1) is 9.33. The predicted octanol–water partition coefficient (Wildman–Crippen LogP) is 2.69. The third-order valence-electron chi connectivity index (χ3n) is 2.89. The predicted molar refractivity (Wildman–Crippen MR) is 75.9 cm³/mol. The average Bonchev–Trinajstić information content (AvgIpc) is 2.79. The molecule has 0 aliphatic heterocycles. The van der Waals surface area contributed by atoms with Crippen LogP contribution in [0.25, 0.3) is 0 Å². The monoisotopic (exact) mass is 335 g/mol. The third kappa shape index (κ3) is 2.98. The second-order valence-corrected chi connectivity index (χ2v) is 6.77. The normalized spacial score (nSPS) is 15.7. The number of nitrogens with one attached hydrogen (secondary N) is 1. The molecule has 1 aromatic carbocycles. The lowest BCUT2D eigenvalue weighted by atomic mass is 10.2. The molecule has 2 N–H and O–H groups in total. The van der Waals surface area contributed by atoms with Crippen LogP contribution in [0.4, 0.5) is 0 Å². The molecule has 0 atom stereocenters. The van der Waals surface area contributed by atoms with E-state index in [-0.39, 0.29) is 21.0 Å². The van der Waals surface area contributed by atoms with Gasteiger partial charge in [0.05, 0.1) is 15.6 Å². The van der Waals surface area contributed by atoms with Gasteiger partial charge in [0.25, 0.3) is 0 Å². The Morgan fingerprint density at radius 1 is 1.25 bits per heavy atom. The molecule has 2 rings (SSSR count). The zero-order chi connectivity index (χ0) is 14.9. The minimum atomic E-state index is -3.89. The van der Waals surface area contributed by atoms with Crippen molar-refractivity contribution in [3.05, 3.63) is 39.9 Å². The second kappa shape index (κ2) is 5.73. The SMILES string of the molecule is O=C(O)c1c(Cl)ccc(S(=O)(=O)NC2CC=CC2)c1Cl. The van der Waals surface area contributed by atoms with E-state index in [1.54, 1.807) is 0 Å². The summed E-state index contributed by atoms with van der Waals surface area (Å²) in [5.74, 6) is -1.38. The van der Waals surface area contributed by atoms with Crippen LogP contribution >= 0.6 is 23.2 Å². The smallest absolute Gasteiger partial charge is 0.338 e. The van der Waals surface area contributed by atoms with Crippen LogP contribution in [0, 0.1) is 0 Å². The fraction of sp³-hybridized carbons (Fsp3) is 0.250. The van der Waals surface area contributed by atoms with Gasteiger partial charge in [0.2, 0.25) is 10.0 Å². The van der Waals surface area contributed by atoms with Crippen molar-refractivity contribution in [3.8, 4) is 0 Å². The van der Waals surface area contributed by atoms with Crippen molar-refractivity contribution in [2.24, 2.45) is 0 Å². The molecule has 1 aliphatic rings. The van der Waals surface area contributed by atoms with Crippen molar-refractivity contribution >= 4 is 39.2 Å². The first kappa shape index (κ1) is 15.3. The number of hydrogen-bond acceptors (Lipinski definition) is 3. The highest BCUT2D eigenvalue weighted by atomic mass is 35.5. The molecule has 0 radical (unpaired) electrons. The molecule has 0 fully saturated rings. The van der Waals surface area contributed by atoms with E-state index < -0.39 is 21.6 Å². The summed E-state index contributed by atoms with van der Waals surface area (Å²) in [6.07, 6.45) is 4.94. The number of carboxylic acids is 1. The Morgan fingerprint density at radius 3 is 2.40 bits per heavy atom.